The molecule has 16 heavy (non-hydrogen) atoms. The summed E-state index contributed by atoms with van der Waals surface area (Å²) in [6.07, 6.45) is 3.45. The Morgan fingerprint density at radius 2 is 2.25 bits per heavy atom. The first kappa shape index (κ1) is 11.2. The topological polar surface area (TPSA) is 80.5 Å². The van der Waals surface area contributed by atoms with Gasteiger partial charge in [0, 0.05) is 17.1 Å². The summed E-state index contributed by atoms with van der Waals surface area (Å²) in [6, 6.07) is 3.79. The maximum Gasteiger partial charge on any atom is 0.199 e. The van der Waals surface area contributed by atoms with E-state index in [2.05, 4.69) is 36.1 Å². The normalized spacial score (nSPS) is 10.6. The fourth-order valence-electron chi connectivity index (χ4n) is 1.30. The summed E-state index contributed by atoms with van der Waals surface area (Å²) in [7, 11) is 0. The smallest absolute Gasteiger partial charge is 0.199 e. The lowest BCUT2D eigenvalue weighted by Crippen LogP contribution is -2.01. The minimum absolute atomic E-state index is 0.625. The van der Waals surface area contributed by atoms with Crippen LogP contribution in [0.15, 0.2) is 22.8 Å². The maximum atomic E-state index is 5.43. The second-order valence-electron chi connectivity index (χ2n) is 3.36. The van der Waals surface area contributed by atoms with Gasteiger partial charge in [-0.2, -0.15) is 5.10 Å². The third-order valence-corrected chi connectivity index (χ3v) is 2.57. The average molecular weight is 282 g/mol. The van der Waals surface area contributed by atoms with Crippen LogP contribution in [0.1, 0.15) is 12.2 Å². The van der Waals surface area contributed by atoms with Crippen LogP contribution >= 0.6 is 15.9 Å². The predicted octanol–water partition coefficient (Wildman–Crippen LogP) is 1.52. The van der Waals surface area contributed by atoms with Crippen LogP contribution in [0.2, 0.25) is 0 Å². The van der Waals surface area contributed by atoms with E-state index >= 15 is 0 Å². The van der Waals surface area contributed by atoms with Gasteiger partial charge in [-0.05, 0) is 41.0 Å². The maximum absolute atomic E-state index is 5.43. The molecule has 0 aliphatic carbocycles. The molecule has 2 aromatic rings. The molecule has 0 aliphatic rings. The van der Waals surface area contributed by atoms with Crippen LogP contribution in [0.25, 0.3) is 11.5 Å². The zero-order chi connectivity index (χ0) is 11.4. The van der Waals surface area contributed by atoms with E-state index in [4.69, 9.17) is 5.73 Å². The Kier molecular flexibility index (Phi) is 3.63. The van der Waals surface area contributed by atoms with E-state index in [1.165, 1.54) is 0 Å². The first-order chi connectivity index (χ1) is 7.79. The van der Waals surface area contributed by atoms with Gasteiger partial charge >= 0.3 is 0 Å². The number of hydrogen-bond acceptors (Lipinski definition) is 4. The summed E-state index contributed by atoms with van der Waals surface area (Å²) < 4.78 is 0.940. The Hall–Kier alpha value is -1.27. The SMILES string of the molecule is NCCCc1nc(-c2ccc(Br)cn2)n[nH]1. The molecule has 0 saturated heterocycles. The van der Waals surface area contributed by atoms with Crippen molar-refractivity contribution < 1.29 is 0 Å². The highest BCUT2D eigenvalue weighted by atomic mass is 79.9. The molecule has 0 bridgehead atoms. The number of nitrogens with two attached hydrogens (primary N) is 1. The molecular formula is C10H12BrN5. The number of aromatic amines is 1. The van der Waals surface area contributed by atoms with Crippen LogP contribution in [0.4, 0.5) is 0 Å². The highest BCUT2D eigenvalue weighted by Crippen LogP contribution is 2.14. The van der Waals surface area contributed by atoms with E-state index in [0.29, 0.717) is 12.4 Å². The summed E-state index contributed by atoms with van der Waals surface area (Å²) in [4.78, 5) is 8.57. The second-order valence-corrected chi connectivity index (χ2v) is 4.28. The van der Waals surface area contributed by atoms with E-state index in [0.717, 1.165) is 28.8 Å². The van der Waals surface area contributed by atoms with E-state index in [-0.39, 0.29) is 0 Å². The van der Waals surface area contributed by atoms with Gasteiger partial charge in [0.15, 0.2) is 5.82 Å². The molecule has 2 heterocycles. The molecule has 0 fully saturated rings. The number of aromatic nitrogens is 4. The molecule has 3 N–H and O–H groups in total. The number of H-pyrrole nitrogens is 1. The van der Waals surface area contributed by atoms with Gasteiger partial charge in [-0.3, -0.25) is 10.1 Å². The molecule has 2 aromatic heterocycles. The Morgan fingerprint density at radius 3 is 2.94 bits per heavy atom. The number of rotatable bonds is 4. The Balaban J connectivity index is 2.15. The lowest BCUT2D eigenvalue weighted by Gasteiger charge is -1.93. The minimum atomic E-state index is 0.625. The van der Waals surface area contributed by atoms with Gasteiger partial charge in [0.1, 0.15) is 11.5 Å². The van der Waals surface area contributed by atoms with Gasteiger partial charge in [-0.25, -0.2) is 4.98 Å². The van der Waals surface area contributed by atoms with E-state index in [1.807, 2.05) is 12.1 Å². The molecule has 5 nitrogen and oxygen atoms in total. The Bertz CT molecular complexity index is 450. The molecule has 0 aliphatic heterocycles. The number of halogens is 1. The predicted molar refractivity (Wildman–Crippen MR) is 64.7 cm³/mol. The fraction of sp³-hybridized carbons (Fsp3) is 0.300. The van der Waals surface area contributed by atoms with E-state index in [1.54, 1.807) is 6.20 Å². The van der Waals surface area contributed by atoms with Crippen molar-refractivity contribution in [2.75, 3.05) is 6.54 Å². The molecule has 0 radical (unpaired) electrons. The van der Waals surface area contributed by atoms with Gasteiger partial charge in [0.05, 0.1) is 0 Å². The summed E-state index contributed by atoms with van der Waals surface area (Å²) in [5, 5.41) is 7.00. The van der Waals surface area contributed by atoms with Gasteiger partial charge in [0.25, 0.3) is 0 Å². The average Bonchev–Trinajstić information content (AvgIpc) is 2.76. The minimum Gasteiger partial charge on any atom is -0.330 e. The zero-order valence-electron chi connectivity index (χ0n) is 8.65. The van der Waals surface area contributed by atoms with Crippen LogP contribution in [0.5, 0.6) is 0 Å². The van der Waals surface area contributed by atoms with Crippen molar-refractivity contribution in [1.29, 1.82) is 0 Å². The highest BCUT2D eigenvalue weighted by Gasteiger charge is 2.06. The summed E-state index contributed by atoms with van der Waals surface area (Å²) in [5.74, 6) is 1.48. The Labute approximate surface area is 102 Å². The Morgan fingerprint density at radius 1 is 1.38 bits per heavy atom. The monoisotopic (exact) mass is 281 g/mol. The number of nitrogens with zero attached hydrogens (tertiary/aromatic N) is 3. The van der Waals surface area contributed by atoms with Crippen LogP contribution in [-0.4, -0.2) is 26.7 Å². The lowest BCUT2D eigenvalue weighted by atomic mass is 10.3. The number of aryl methyl sites for hydroxylation is 1. The molecule has 0 amide bonds. The summed E-state index contributed by atoms with van der Waals surface area (Å²) in [5.41, 5.74) is 6.19. The first-order valence-corrected chi connectivity index (χ1v) is 5.82. The third-order valence-electron chi connectivity index (χ3n) is 2.11. The highest BCUT2D eigenvalue weighted by molar-refractivity contribution is 9.10. The van der Waals surface area contributed by atoms with Crippen LogP contribution in [0.3, 0.4) is 0 Å². The van der Waals surface area contributed by atoms with Crippen molar-refractivity contribution >= 4 is 15.9 Å². The molecule has 0 unspecified atom stereocenters. The van der Waals surface area contributed by atoms with Gasteiger partial charge in [-0.1, -0.05) is 0 Å². The summed E-state index contributed by atoms with van der Waals surface area (Å²) in [6.45, 7) is 0.659. The van der Waals surface area contributed by atoms with Crippen molar-refractivity contribution in [3.05, 3.63) is 28.6 Å². The van der Waals surface area contributed by atoms with Crippen molar-refractivity contribution in [3.63, 3.8) is 0 Å². The van der Waals surface area contributed by atoms with Crippen LogP contribution in [0, 0.1) is 0 Å². The van der Waals surface area contributed by atoms with Crippen molar-refractivity contribution in [1.82, 2.24) is 20.2 Å². The van der Waals surface area contributed by atoms with Crippen molar-refractivity contribution in [2.45, 2.75) is 12.8 Å². The molecule has 0 atom stereocenters. The van der Waals surface area contributed by atoms with Crippen LogP contribution in [-0.2, 0) is 6.42 Å². The molecule has 0 aromatic carbocycles. The number of nitrogens with one attached hydrogen (secondary N) is 1. The molecule has 0 saturated carbocycles. The summed E-state index contributed by atoms with van der Waals surface area (Å²) >= 11 is 3.33. The number of pyridine rings is 1. The number of hydrogen-bond donors (Lipinski definition) is 2. The van der Waals surface area contributed by atoms with Crippen molar-refractivity contribution in [2.24, 2.45) is 5.73 Å². The molecule has 0 spiro atoms. The quantitative estimate of drug-likeness (QED) is 0.891. The van der Waals surface area contributed by atoms with Gasteiger partial charge < -0.3 is 5.73 Å². The molecule has 6 heteroatoms. The zero-order valence-corrected chi connectivity index (χ0v) is 10.2. The standard InChI is InChI=1S/C10H12BrN5/c11-7-3-4-8(13-6-7)10-14-9(15-16-10)2-1-5-12/h3-4,6H,1-2,5,12H2,(H,14,15,16). The second kappa shape index (κ2) is 5.18. The molecular weight excluding hydrogens is 270 g/mol. The van der Waals surface area contributed by atoms with Crippen LogP contribution < -0.4 is 5.73 Å². The van der Waals surface area contributed by atoms with Crippen molar-refractivity contribution in [3.8, 4) is 11.5 Å². The van der Waals surface area contributed by atoms with E-state index < -0.39 is 0 Å². The van der Waals surface area contributed by atoms with E-state index in [9.17, 15) is 0 Å². The lowest BCUT2D eigenvalue weighted by molar-refractivity contribution is 0.785. The molecule has 84 valence electrons. The molecule has 2 rings (SSSR count). The third kappa shape index (κ3) is 2.65. The first-order valence-electron chi connectivity index (χ1n) is 5.03. The van der Waals surface area contributed by atoms with Gasteiger partial charge in [0.2, 0.25) is 0 Å². The largest absolute Gasteiger partial charge is 0.330 e. The fourth-order valence-corrected chi connectivity index (χ4v) is 1.53. The van der Waals surface area contributed by atoms with Gasteiger partial charge in [-0.15, -0.1) is 0 Å².